The monoisotopic (exact) mass is 669 g/mol. The van der Waals surface area contributed by atoms with Gasteiger partial charge in [-0.3, -0.25) is 24.8 Å². The van der Waals surface area contributed by atoms with Crippen molar-refractivity contribution in [3.05, 3.63) is 125 Å². The third-order valence-corrected chi connectivity index (χ3v) is 11.5. The molecule has 0 bridgehead atoms. The van der Waals surface area contributed by atoms with Crippen molar-refractivity contribution in [2.45, 2.75) is 56.5 Å². The lowest BCUT2D eigenvalue weighted by Crippen LogP contribution is -2.53. The average molecular weight is 670 g/mol. The Morgan fingerprint density at radius 2 is 1.46 bits per heavy atom. The van der Waals surface area contributed by atoms with Gasteiger partial charge < -0.3 is 10.0 Å². The van der Waals surface area contributed by atoms with Crippen LogP contribution in [0.1, 0.15) is 65.3 Å². The average Bonchev–Trinajstić information content (AvgIpc) is 3.15. The summed E-state index contributed by atoms with van der Waals surface area (Å²) in [6.07, 6.45) is 4.76. The number of urea groups is 1. The number of carbonyl (C=O) groups is 2. The van der Waals surface area contributed by atoms with Crippen LogP contribution in [-0.4, -0.2) is 78.7 Å². The topological polar surface area (TPSA) is 79.4 Å². The zero-order valence-electron chi connectivity index (χ0n) is 28.7. The normalized spacial score (nSPS) is 22.3. The van der Waals surface area contributed by atoms with Gasteiger partial charge in [-0.05, 0) is 95.8 Å². The van der Waals surface area contributed by atoms with Crippen molar-refractivity contribution in [3.8, 4) is 5.75 Å². The number of carbonyl (C=O) groups excluding carboxylic acids is 2. The van der Waals surface area contributed by atoms with Gasteiger partial charge in [0.05, 0.1) is 0 Å². The number of aryl methyl sites for hydroxylation is 1. The summed E-state index contributed by atoms with van der Waals surface area (Å²) in [5.41, 5.74) is 8.71. The molecule has 0 unspecified atom stereocenters. The van der Waals surface area contributed by atoms with Gasteiger partial charge in [0.25, 0.3) is 0 Å². The van der Waals surface area contributed by atoms with E-state index in [1.807, 2.05) is 24.3 Å². The highest BCUT2D eigenvalue weighted by Crippen LogP contribution is 2.47. The summed E-state index contributed by atoms with van der Waals surface area (Å²) in [7, 11) is 0. The first-order valence-corrected chi connectivity index (χ1v) is 18.4. The van der Waals surface area contributed by atoms with Gasteiger partial charge in [-0.1, -0.05) is 60.7 Å². The Morgan fingerprint density at radius 3 is 2.22 bits per heavy atom. The van der Waals surface area contributed by atoms with Crippen LogP contribution in [0.5, 0.6) is 5.75 Å². The number of hydrogen-bond donors (Lipinski definition) is 2. The molecule has 3 fully saturated rings. The van der Waals surface area contributed by atoms with Crippen LogP contribution >= 0.6 is 0 Å². The first-order valence-electron chi connectivity index (χ1n) is 18.4. The van der Waals surface area contributed by atoms with Crippen LogP contribution < -0.4 is 15.1 Å². The third kappa shape index (κ3) is 6.87. The summed E-state index contributed by atoms with van der Waals surface area (Å²) in [5, 5.41) is 12.6. The van der Waals surface area contributed by atoms with Crippen LogP contribution in [0.15, 0.2) is 97.1 Å². The molecule has 3 amide bonds. The predicted octanol–water partition coefficient (Wildman–Crippen LogP) is 6.49. The third-order valence-electron chi connectivity index (χ3n) is 11.5. The van der Waals surface area contributed by atoms with E-state index in [1.165, 1.54) is 46.3 Å². The molecular formula is C42H47N5O3. The number of rotatable bonds is 7. The van der Waals surface area contributed by atoms with Gasteiger partial charge in [0.1, 0.15) is 5.75 Å². The largest absolute Gasteiger partial charge is 0.508 e. The highest BCUT2D eigenvalue weighted by Gasteiger charge is 2.33. The Kier molecular flexibility index (Phi) is 9.30. The molecule has 0 aromatic heterocycles. The van der Waals surface area contributed by atoms with E-state index in [4.69, 9.17) is 0 Å². The van der Waals surface area contributed by atoms with Gasteiger partial charge in [0.2, 0.25) is 5.91 Å². The summed E-state index contributed by atoms with van der Waals surface area (Å²) in [6.45, 7) is 7.68. The zero-order chi connectivity index (χ0) is 34.0. The van der Waals surface area contributed by atoms with Crippen LogP contribution in [0.2, 0.25) is 0 Å². The molecule has 2 atom stereocenters. The predicted molar refractivity (Wildman–Crippen MR) is 198 cm³/mol. The van der Waals surface area contributed by atoms with Crippen LogP contribution in [0, 0.1) is 0 Å². The van der Waals surface area contributed by atoms with Gasteiger partial charge in [0.15, 0.2) is 0 Å². The molecule has 8 nitrogen and oxygen atoms in total. The number of amides is 3. The number of phenolic OH excluding ortho intramolecular Hbond substituents is 1. The number of nitrogens with one attached hydrogen (secondary N) is 1. The summed E-state index contributed by atoms with van der Waals surface area (Å²) in [5.74, 6) is 0.833. The van der Waals surface area contributed by atoms with E-state index < -0.39 is 0 Å². The molecule has 8 rings (SSSR count). The molecule has 3 saturated heterocycles. The second-order valence-electron chi connectivity index (χ2n) is 14.5. The Morgan fingerprint density at radius 1 is 0.680 bits per heavy atom. The Balaban J connectivity index is 0.859. The Hall–Kier alpha value is -4.66. The Bertz CT molecular complexity index is 1810. The molecule has 0 saturated carbocycles. The molecule has 0 spiro atoms. The lowest BCUT2D eigenvalue weighted by atomic mass is 9.69. The van der Waals surface area contributed by atoms with Crippen molar-refractivity contribution in [3.63, 3.8) is 0 Å². The summed E-state index contributed by atoms with van der Waals surface area (Å²) in [6, 6.07) is 34.7. The fourth-order valence-corrected chi connectivity index (χ4v) is 8.84. The van der Waals surface area contributed by atoms with Crippen LogP contribution in [0.3, 0.4) is 0 Å². The molecular weight excluding hydrogens is 622 g/mol. The molecule has 258 valence electrons. The van der Waals surface area contributed by atoms with E-state index in [2.05, 4.69) is 92.8 Å². The zero-order valence-corrected chi connectivity index (χ0v) is 28.7. The number of imide groups is 1. The number of fused-ring (bicyclic) bond motifs is 1. The molecule has 0 radical (unpaired) electrons. The maximum absolute atomic E-state index is 12.3. The molecule has 3 aliphatic heterocycles. The summed E-state index contributed by atoms with van der Waals surface area (Å²) >= 11 is 0. The standard InChI is InChI=1S/C42H47N5O3/c48-37-14-16-39-33(28-37)11-15-38(31-6-2-1-3-7-31)41(39)32-9-12-34(13-10-32)45-20-17-35(18-21-45)46-25-23-44(24-26-46)29-30-5-4-8-36(27-30)47-22-19-40(49)43-42(47)50/h1-10,12-14,16,27-28,35,38,41,48H,11,15,17-26,29H2,(H,43,49,50)/t38-,41+/m0/s1. The number of piperazine rings is 1. The smallest absolute Gasteiger partial charge is 0.328 e. The summed E-state index contributed by atoms with van der Waals surface area (Å²) in [4.78, 5) is 33.3. The van der Waals surface area contributed by atoms with Crippen LogP contribution in [-0.2, 0) is 17.8 Å². The number of benzene rings is 4. The second kappa shape index (κ2) is 14.3. The van der Waals surface area contributed by atoms with Crippen molar-refractivity contribution in [1.82, 2.24) is 15.1 Å². The molecule has 4 aromatic rings. The minimum absolute atomic E-state index is 0.206. The van der Waals surface area contributed by atoms with Gasteiger partial charge >= 0.3 is 6.03 Å². The SMILES string of the molecule is O=C1CCN(c2cccc(CN3CCN(C4CCN(c5ccc([C@H]6c7ccc(O)cc7CC[C@H]6c6ccccc6)cc5)CC4)CC3)c2)C(=O)N1. The number of nitrogens with zero attached hydrogens (tertiary/aromatic N) is 4. The van der Waals surface area contributed by atoms with Crippen molar-refractivity contribution in [1.29, 1.82) is 0 Å². The molecule has 4 aliphatic rings. The van der Waals surface area contributed by atoms with Crippen molar-refractivity contribution in [2.24, 2.45) is 0 Å². The van der Waals surface area contributed by atoms with Crippen LogP contribution in [0.25, 0.3) is 0 Å². The molecule has 2 N–H and O–H groups in total. The Labute approximate surface area is 295 Å². The molecule has 3 heterocycles. The first kappa shape index (κ1) is 32.5. The van der Waals surface area contributed by atoms with E-state index in [9.17, 15) is 14.7 Å². The van der Waals surface area contributed by atoms with E-state index in [-0.39, 0.29) is 17.9 Å². The van der Waals surface area contributed by atoms with Crippen molar-refractivity contribution < 1.29 is 14.7 Å². The second-order valence-corrected chi connectivity index (χ2v) is 14.5. The molecule has 4 aromatic carbocycles. The number of piperidine rings is 1. The van der Waals surface area contributed by atoms with Crippen LogP contribution in [0.4, 0.5) is 16.2 Å². The number of anilines is 2. The highest BCUT2D eigenvalue weighted by atomic mass is 16.3. The maximum atomic E-state index is 12.3. The fourth-order valence-electron chi connectivity index (χ4n) is 8.84. The minimum atomic E-state index is -0.333. The van der Waals surface area contributed by atoms with E-state index in [1.54, 1.807) is 4.90 Å². The highest BCUT2D eigenvalue weighted by molar-refractivity contribution is 6.05. The van der Waals surface area contributed by atoms with E-state index in [0.29, 0.717) is 30.7 Å². The first-order chi connectivity index (χ1) is 24.5. The van der Waals surface area contributed by atoms with Gasteiger partial charge in [-0.15, -0.1) is 0 Å². The molecule has 8 heteroatoms. The van der Waals surface area contributed by atoms with E-state index in [0.717, 1.165) is 64.3 Å². The van der Waals surface area contributed by atoms with Gasteiger partial charge in [-0.25, -0.2) is 4.79 Å². The van der Waals surface area contributed by atoms with E-state index >= 15 is 0 Å². The summed E-state index contributed by atoms with van der Waals surface area (Å²) < 4.78 is 0. The number of hydrogen-bond acceptors (Lipinski definition) is 6. The molecule has 50 heavy (non-hydrogen) atoms. The minimum Gasteiger partial charge on any atom is -0.508 e. The lowest BCUT2D eigenvalue weighted by molar-refractivity contribution is -0.120. The molecule has 1 aliphatic carbocycles. The number of aromatic hydroxyl groups is 1. The van der Waals surface area contributed by atoms with Gasteiger partial charge in [0, 0.05) is 82.1 Å². The van der Waals surface area contributed by atoms with Gasteiger partial charge in [-0.2, -0.15) is 0 Å². The van der Waals surface area contributed by atoms with Crippen molar-refractivity contribution in [2.75, 3.05) is 55.6 Å². The lowest BCUT2D eigenvalue weighted by Gasteiger charge is -2.43. The van der Waals surface area contributed by atoms with Crippen molar-refractivity contribution >= 4 is 23.3 Å². The quantitative estimate of drug-likeness (QED) is 0.235. The maximum Gasteiger partial charge on any atom is 0.328 e. The number of phenols is 1. The fraction of sp³-hybridized carbons (Fsp3) is 0.381.